The number of benzene rings is 7. The Morgan fingerprint density at radius 3 is 1.31 bits per heavy atom. The average molecular weight is 655 g/mol. The van der Waals surface area contributed by atoms with E-state index in [1.54, 1.807) is 0 Å². The van der Waals surface area contributed by atoms with Gasteiger partial charge in [0, 0.05) is 38.8 Å². The number of fused-ring (bicyclic) bond motifs is 6. The first-order valence-electron chi connectivity index (χ1n) is 17.7. The maximum atomic E-state index is 6.26. The third-order valence-electron chi connectivity index (χ3n) is 10.3. The van der Waals surface area contributed by atoms with Crippen molar-refractivity contribution >= 4 is 38.8 Å². The van der Waals surface area contributed by atoms with Gasteiger partial charge in [0.15, 0.2) is 0 Å². The lowest BCUT2D eigenvalue weighted by Crippen LogP contribution is -2.02. The minimum absolute atomic E-state index is 0.815. The Morgan fingerprint density at radius 2 is 0.804 bits per heavy atom. The van der Waals surface area contributed by atoms with Crippen LogP contribution in [0.1, 0.15) is 17.7 Å². The molecular weight excluding hydrogens is 621 g/mol. The molecular formula is C48H34N2O. The van der Waals surface area contributed by atoms with E-state index in [1.807, 2.05) is 24.3 Å². The third-order valence-corrected chi connectivity index (χ3v) is 10.3. The van der Waals surface area contributed by atoms with Crippen LogP contribution in [-0.2, 0) is 6.42 Å². The van der Waals surface area contributed by atoms with Crippen LogP contribution >= 0.6 is 0 Å². The standard InChI is InChI=1S/C48H34N2O/c1-5-13-45-41(9-1)42-10-2-6-14-46(42)49(45)37-25-17-33(18-26-37)35-21-29-39(30-22-35)51-40-31-23-36(24-32-40)34-19-27-38(28-20-34)50-47-15-7-3-11-43(47)44-12-4-8-16-48(44)50/h1-7,9-15,17-32H,8,16H2. The minimum Gasteiger partial charge on any atom is -0.457 e. The molecule has 10 rings (SSSR count). The van der Waals surface area contributed by atoms with E-state index in [9.17, 15) is 0 Å². The summed E-state index contributed by atoms with van der Waals surface area (Å²) in [6.07, 6.45) is 6.72. The number of aromatic nitrogens is 2. The minimum atomic E-state index is 0.815. The van der Waals surface area contributed by atoms with Gasteiger partial charge in [-0.2, -0.15) is 0 Å². The molecule has 7 aromatic carbocycles. The Kier molecular flexibility index (Phi) is 6.95. The van der Waals surface area contributed by atoms with Gasteiger partial charge in [0.1, 0.15) is 11.5 Å². The predicted octanol–water partition coefficient (Wildman–Crippen LogP) is 12.8. The van der Waals surface area contributed by atoms with E-state index in [2.05, 4.69) is 167 Å². The number of rotatable bonds is 6. The first-order valence-corrected chi connectivity index (χ1v) is 17.7. The van der Waals surface area contributed by atoms with E-state index in [4.69, 9.17) is 4.74 Å². The fraction of sp³-hybridized carbons (Fsp3) is 0.0417. The van der Waals surface area contributed by atoms with E-state index in [-0.39, 0.29) is 0 Å². The van der Waals surface area contributed by atoms with Crippen LogP contribution in [0.5, 0.6) is 11.5 Å². The molecule has 0 N–H and O–H groups in total. The molecule has 0 spiro atoms. The molecule has 9 aromatic rings. The van der Waals surface area contributed by atoms with Crippen molar-refractivity contribution < 1.29 is 4.74 Å². The molecule has 0 saturated carbocycles. The summed E-state index contributed by atoms with van der Waals surface area (Å²) in [5, 5.41) is 3.87. The molecule has 1 aliphatic carbocycles. The fourth-order valence-corrected chi connectivity index (χ4v) is 7.84. The molecule has 2 aromatic heterocycles. The van der Waals surface area contributed by atoms with Crippen LogP contribution in [0.3, 0.4) is 0 Å². The lowest BCUT2D eigenvalue weighted by molar-refractivity contribution is 0.483. The average Bonchev–Trinajstić information content (AvgIpc) is 3.72. The van der Waals surface area contributed by atoms with Crippen LogP contribution in [0.15, 0.2) is 176 Å². The summed E-state index contributed by atoms with van der Waals surface area (Å²) in [6.45, 7) is 0. The number of allylic oxidation sites excluding steroid dienone is 1. The van der Waals surface area contributed by atoms with Crippen LogP contribution in [0, 0.1) is 0 Å². The van der Waals surface area contributed by atoms with Crippen LogP contribution in [0.2, 0.25) is 0 Å². The first-order chi connectivity index (χ1) is 25.3. The molecule has 1 aliphatic rings. The molecule has 0 atom stereocenters. The van der Waals surface area contributed by atoms with Crippen molar-refractivity contribution in [3.05, 3.63) is 187 Å². The Labute approximate surface area is 296 Å². The Morgan fingerprint density at radius 1 is 0.392 bits per heavy atom. The first kappa shape index (κ1) is 29.3. The predicted molar refractivity (Wildman–Crippen MR) is 212 cm³/mol. The van der Waals surface area contributed by atoms with Gasteiger partial charge in [-0.3, -0.25) is 0 Å². The zero-order valence-corrected chi connectivity index (χ0v) is 28.0. The van der Waals surface area contributed by atoms with Crippen LogP contribution in [0.25, 0.3) is 72.4 Å². The highest BCUT2D eigenvalue weighted by molar-refractivity contribution is 6.09. The number of hydrogen-bond donors (Lipinski definition) is 0. The normalized spacial score (nSPS) is 12.5. The van der Waals surface area contributed by atoms with E-state index in [0.717, 1.165) is 41.2 Å². The van der Waals surface area contributed by atoms with Gasteiger partial charge in [-0.25, -0.2) is 0 Å². The Balaban J connectivity index is 0.848. The SMILES string of the molecule is C1=Cc2c(n(-c3ccc(-c4ccc(Oc5ccc(-c6ccc(-n7c8ccccc8c8ccccc87)cc6)cc5)cc4)cc3)c3ccccc23)CC1. The van der Waals surface area contributed by atoms with Gasteiger partial charge in [-0.1, -0.05) is 115 Å². The van der Waals surface area contributed by atoms with Gasteiger partial charge in [-0.15, -0.1) is 0 Å². The molecule has 0 amide bonds. The summed E-state index contributed by atoms with van der Waals surface area (Å²) in [5.74, 6) is 1.63. The van der Waals surface area contributed by atoms with Crippen molar-refractivity contribution in [1.29, 1.82) is 0 Å². The van der Waals surface area contributed by atoms with Crippen molar-refractivity contribution in [2.45, 2.75) is 12.8 Å². The smallest absolute Gasteiger partial charge is 0.127 e. The summed E-state index contributed by atoms with van der Waals surface area (Å²) < 4.78 is 11.0. The molecule has 0 radical (unpaired) electrons. The summed E-state index contributed by atoms with van der Waals surface area (Å²) in [5.41, 5.74) is 13.5. The van der Waals surface area contributed by atoms with E-state index in [0.29, 0.717) is 0 Å². The lowest BCUT2D eigenvalue weighted by atomic mass is 10.0. The molecule has 2 heterocycles. The molecule has 0 saturated heterocycles. The zero-order valence-electron chi connectivity index (χ0n) is 28.0. The molecule has 0 bridgehead atoms. The van der Waals surface area contributed by atoms with Crippen LogP contribution in [-0.4, -0.2) is 9.13 Å². The highest BCUT2D eigenvalue weighted by Gasteiger charge is 2.18. The van der Waals surface area contributed by atoms with E-state index in [1.165, 1.54) is 60.8 Å². The number of para-hydroxylation sites is 3. The van der Waals surface area contributed by atoms with Crippen molar-refractivity contribution in [2.24, 2.45) is 0 Å². The van der Waals surface area contributed by atoms with Crippen molar-refractivity contribution in [1.82, 2.24) is 9.13 Å². The fourth-order valence-electron chi connectivity index (χ4n) is 7.84. The molecule has 3 nitrogen and oxygen atoms in total. The number of nitrogens with zero attached hydrogens (tertiary/aromatic N) is 2. The summed E-state index contributed by atoms with van der Waals surface area (Å²) >= 11 is 0. The second-order valence-electron chi connectivity index (χ2n) is 13.3. The maximum Gasteiger partial charge on any atom is 0.127 e. The van der Waals surface area contributed by atoms with Crippen molar-refractivity contribution in [3.8, 4) is 45.1 Å². The van der Waals surface area contributed by atoms with Crippen molar-refractivity contribution in [2.75, 3.05) is 0 Å². The number of hydrogen-bond acceptors (Lipinski definition) is 1. The maximum absolute atomic E-state index is 6.26. The molecule has 0 fully saturated rings. The zero-order chi connectivity index (χ0) is 33.7. The van der Waals surface area contributed by atoms with Gasteiger partial charge in [-0.05, 0) is 102 Å². The van der Waals surface area contributed by atoms with Gasteiger partial charge in [0.05, 0.1) is 16.6 Å². The quantitative estimate of drug-likeness (QED) is 0.175. The monoisotopic (exact) mass is 654 g/mol. The molecule has 0 aliphatic heterocycles. The summed E-state index contributed by atoms with van der Waals surface area (Å²) in [7, 11) is 0. The topological polar surface area (TPSA) is 19.1 Å². The van der Waals surface area contributed by atoms with Gasteiger partial charge in [0.2, 0.25) is 0 Å². The second kappa shape index (κ2) is 12.1. The van der Waals surface area contributed by atoms with Crippen LogP contribution < -0.4 is 4.74 Å². The number of ether oxygens (including phenoxy) is 1. The van der Waals surface area contributed by atoms with Gasteiger partial charge < -0.3 is 13.9 Å². The van der Waals surface area contributed by atoms with Crippen molar-refractivity contribution in [3.63, 3.8) is 0 Å². The largest absolute Gasteiger partial charge is 0.457 e. The summed E-state index contributed by atoms with van der Waals surface area (Å²) in [6, 6.07) is 60.4. The Hall–Kier alpha value is -6.58. The van der Waals surface area contributed by atoms with E-state index < -0.39 is 0 Å². The Bertz CT molecular complexity index is 2670. The molecule has 3 heteroatoms. The molecule has 51 heavy (non-hydrogen) atoms. The molecule has 0 unspecified atom stereocenters. The summed E-state index contributed by atoms with van der Waals surface area (Å²) in [4.78, 5) is 0. The molecule has 242 valence electrons. The van der Waals surface area contributed by atoms with E-state index >= 15 is 0 Å². The van der Waals surface area contributed by atoms with Crippen LogP contribution in [0.4, 0.5) is 0 Å². The second-order valence-corrected chi connectivity index (χ2v) is 13.3. The highest BCUT2D eigenvalue weighted by Crippen LogP contribution is 2.36. The highest BCUT2D eigenvalue weighted by atomic mass is 16.5. The third kappa shape index (κ3) is 5.05. The van der Waals surface area contributed by atoms with Gasteiger partial charge in [0.25, 0.3) is 0 Å². The van der Waals surface area contributed by atoms with Gasteiger partial charge >= 0.3 is 0 Å². The lowest BCUT2D eigenvalue weighted by Gasteiger charge is -2.14.